The summed E-state index contributed by atoms with van der Waals surface area (Å²) in [5.74, 6) is -0.328. The number of amides is 1. The van der Waals surface area contributed by atoms with Crippen LogP contribution < -0.4 is 0 Å². The molecule has 0 atom stereocenters. The SMILES string of the molecule is O=C(CCC(F)(F)F)N1CCC2(CCCC2)C1. The van der Waals surface area contributed by atoms with Gasteiger partial charge in [-0.15, -0.1) is 0 Å². The van der Waals surface area contributed by atoms with Gasteiger partial charge in [0.1, 0.15) is 0 Å². The lowest BCUT2D eigenvalue weighted by Gasteiger charge is -2.23. The van der Waals surface area contributed by atoms with E-state index in [0.29, 0.717) is 13.1 Å². The summed E-state index contributed by atoms with van der Waals surface area (Å²) < 4.78 is 36.1. The average molecular weight is 249 g/mol. The second-order valence-corrected chi connectivity index (χ2v) is 5.39. The Morgan fingerprint density at radius 3 is 2.41 bits per heavy atom. The first-order valence-corrected chi connectivity index (χ1v) is 6.25. The molecule has 2 rings (SSSR count). The topological polar surface area (TPSA) is 20.3 Å². The van der Waals surface area contributed by atoms with Crippen LogP contribution in [0, 0.1) is 5.41 Å². The zero-order chi connectivity index (χ0) is 12.5. The van der Waals surface area contributed by atoms with E-state index < -0.39 is 12.6 Å². The van der Waals surface area contributed by atoms with Crippen LogP contribution in [0.4, 0.5) is 13.2 Å². The predicted octanol–water partition coefficient (Wildman–Crippen LogP) is 3.12. The smallest absolute Gasteiger partial charge is 0.342 e. The van der Waals surface area contributed by atoms with Gasteiger partial charge in [0.25, 0.3) is 0 Å². The fourth-order valence-corrected chi connectivity index (χ4v) is 3.09. The van der Waals surface area contributed by atoms with Crippen LogP contribution in [0.2, 0.25) is 0 Å². The number of likely N-dealkylation sites (tertiary alicyclic amines) is 1. The Balaban J connectivity index is 1.82. The minimum absolute atomic E-state index is 0.244. The Labute approximate surface area is 99.2 Å². The molecule has 1 saturated heterocycles. The Bertz CT molecular complexity index is 295. The van der Waals surface area contributed by atoms with Gasteiger partial charge in [0.05, 0.1) is 6.42 Å². The first-order chi connectivity index (χ1) is 7.90. The van der Waals surface area contributed by atoms with E-state index in [1.807, 2.05) is 0 Å². The molecule has 2 aliphatic rings. The van der Waals surface area contributed by atoms with Gasteiger partial charge in [-0.1, -0.05) is 12.8 Å². The number of rotatable bonds is 2. The normalized spacial score (nSPS) is 23.6. The van der Waals surface area contributed by atoms with E-state index in [1.165, 1.54) is 12.8 Å². The van der Waals surface area contributed by atoms with Crippen LogP contribution in [0.25, 0.3) is 0 Å². The van der Waals surface area contributed by atoms with Crippen LogP contribution in [0.1, 0.15) is 44.9 Å². The summed E-state index contributed by atoms with van der Waals surface area (Å²) in [6, 6.07) is 0. The van der Waals surface area contributed by atoms with Crippen molar-refractivity contribution < 1.29 is 18.0 Å². The first-order valence-electron chi connectivity index (χ1n) is 6.25. The fourth-order valence-electron chi connectivity index (χ4n) is 3.09. The molecule has 0 N–H and O–H groups in total. The molecule has 1 heterocycles. The Morgan fingerprint density at radius 1 is 1.18 bits per heavy atom. The number of halogens is 3. The second kappa shape index (κ2) is 4.50. The van der Waals surface area contributed by atoms with Crippen molar-refractivity contribution in [2.24, 2.45) is 5.41 Å². The molecular weight excluding hydrogens is 231 g/mol. The highest BCUT2D eigenvalue weighted by Gasteiger charge is 2.42. The lowest BCUT2D eigenvalue weighted by atomic mass is 9.86. The molecule has 0 radical (unpaired) electrons. The van der Waals surface area contributed by atoms with Crippen LogP contribution in [0.15, 0.2) is 0 Å². The number of hydrogen-bond donors (Lipinski definition) is 0. The van der Waals surface area contributed by atoms with Crippen molar-refractivity contribution >= 4 is 5.91 Å². The summed E-state index contributed by atoms with van der Waals surface area (Å²) in [5.41, 5.74) is 0.244. The average Bonchev–Trinajstić information content (AvgIpc) is 2.85. The zero-order valence-corrected chi connectivity index (χ0v) is 9.85. The van der Waals surface area contributed by atoms with E-state index in [2.05, 4.69) is 0 Å². The van der Waals surface area contributed by atoms with Gasteiger partial charge < -0.3 is 4.90 Å². The van der Waals surface area contributed by atoms with Gasteiger partial charge in [0, 0.05) is 19.5 Å². The summed E-state index contributed by atoms with van der Waals surface area (Å²) >= 11 is 0. The number of nitrogens with zero attached hydrogens (tertiary/aromatic N) is 1. The van der Waals surface area contributed by atoms with Crippen molar-refractivity contribution in [3.05, 3.63) is 0 Å². The monoisotopic (exact) mass is 249 g/mol. The van der Waals surface area contributed by atoms with E-state index in [1.54, 1.807) is 4.90 Å². The molecule has 1 aliphatic carbocycles. The van der Waals surface area contributed by atoms with Gasteiger partial charge in [-0.3, -0.25) is 4.79 Å². The molecule has 1 aliphatic heterocycles. The van der Waals surface area contributed by atoms with Gasteiger partial charge in [-0.25, -0.2) is 0 Å². The highest BCUT2D eigenvalue weighted by Crippen LogP contribution is 2.45. The van der Waals surface area contributed by atoms with Crippen molar-refractivity contribution in [3.8, 4) is 0 Å². The van der Waals surface area contributed by atoms with Crippen molar-refractivity contribution in [2.45, 2.75) is 51.1 Å². The molecule has 0 aromatic carbocycles. The van der Waals surface area contributed by atoms with Gasteiger partial charge in [-0.2, -0.15) is 13.2 Å². The fraction of sp³-hybridized carbons (Fsp3) is 0.917. The molecule has 98 valence electrons. The lowest BCUT2D eigenvalue weighted by Crippen LogP contribution is -2.31. The second-order valence-electron chi connectivity index (χ2n) is 5.39. The van der Waals surface area contributed by atoms with E-state index in [0.717, 1.165) is 19.3 Å². The van der Waals surface area contributed by atoms with Crippen molar-refractivity contribution in [1.82, 2.24) is 4.90 Å². The third-order valence-corrected chi connectivity index (χ3v) is 4.08. The minimum atomic E-state index is -4.22. The third-order valence-electron chi connectivity index (χ3n) is 4.08. The van der Waals surface area contributed by atoms with Gasteiger partial charge in [0.15, 0.2) is 0 Å². The lowest BCUT2D eigenvalue weighted by molar-refractivity contribution is -0.148. The van der Waals surface area contributed by atoms with Crippen LogP contribution >= 0.6 is 0 Å². The van der Waals surface area contributed by atoms with Gasteiger partial charge >= 0.3 is 6.18 Å². The molecule has 5 heteroatoms. The first kappa shape index (κ1) is 12.7. The van der Waals surface area contributed by atoms with Gasteiger partial charge in [-0.05, 0) is 24.7 Å². The Kier molecular flexibility index (Phi) is 3.36. The molecule has 0 aromatic heterocycles. The Hall–Kier alpha value is -0.740. The van der Waals surface area contributed by atoms with E-state index in [-0.39, 0.29) is 17.7 Å². The summed E-state index contributed by atoms with van der Waals surface area (Å²) in [7, 11) is 0. The molecular formula is C12H18F3NO. The van der Waals surface area contributed by atoms with E-state index >= 15 is 0 Å². The van der Waals surface area contributed by atoms with Crippen LogP contribution in [-0.2, 0) is 4.79 Å². The van der Waals surface area contributed by atoms with Crippen LogP contribution in [0.3, 0.4) is 0 Å². The maximum atomic E-state index is 12.0. The van der Waals surface area contributed by atoms with Crippen LogP contribution in [0.5, 0.6) is 0 Å². The standard InChI is InChI=1S/C12H18F3NO/c13-12(14,15)6-3-10(17)16-8-7-11(9-16)4-1-2-5-11/h1-9H2. The number of alkyl halides is 3. The molecule has 1 spiro atoms. The van der Waals surface area contributed by atoms with Gasteiger partial charge in [0.2, 0.25) is 5.91 Å². The molecule has 1 amide bonds. The molecule has 17 heavy (non-hydrogen) atoms. The zero-order valence-electron chi connectivity index (χ0n) is 9.85. The summed E-state index contributed by atoms with van der Waals surface area (Å²) in [5, 5.41) is 0. The highest BCUT2D eigenvalue weighted by molar-refractivity contribution is 5.76. The summed E-state index contributed by atoms with van der Waals surface area (Å²) in [4.78, 5) is 13.3. The van der Waals surface area contributed by atoms with Crippen molar-refractivity contribution in [1.29, 1.82) is 0 Å². The quantitative estimate of drug-likeness (QED) is 0.736. The molecule has 1 saturated carbocycles. The van der Waals surface area contributed by atoms with E-state index in [4.69, 9.17) is 0 Å². The third kappa shape index (κ3) is 3.13. The van der Waals surface area contributed by atoms with Crippen LogP contribution in [-0.4, -0.2) is 30.1 Å². The maximum Gasteiger partial charge on any atom is 0.389 e. The molecule has 0 bridgehead atoms. The maximum absolute atomic E-state index is 12.0. The predicted molar refractivity (Wildman–Crippen MR) is 57.4 cm³/mol. The summed E-state index contributed by atoms with van der Waals surface area (Å²) in [6.45, 7) is 1.33. The number of carbonyl (C=O) groups is 1. The van der Waals surface area contributed by atoms with E-state index in [9.17, 15) is 18.0 Å². The number of hydrogen-bond acceptors (Lipinski definition) is 1. The van der Waals surface area contributed by atoms with Crippen molar-refractivity contribution in [3.63, 3.8) is 0 Å². The molecule has 2 nitrogen and oxygen atoms in total. The summed E-state index contributed by atoms with van der Waals surface area (Å²) in [6.07, 6.45) is 0.0430. The minimum Gasteiger partial charge on any atom is -0.342 e. The Morgan fingerprint density at radius 2 is 1.82 bits per heavy atom. The highest BCUT2D eigenvalue weighted by atomic mass is 19.4. The molecule has 0 unspecified atom stereocenters. The largest absolute Gasteiger partial charge is 0.389 e. The molecule has 2 fully saturated rings. The number of carbonyl (C=O) groups excluding carboxylic acids is 1. The van der Waals surface area contributed by atoms with Crippen molar-refractivity contribution in [2.75, 3.05) is 13.1 Å². The molecule has 0 aromatic rings.